The lowest BCUT2D eigenvalue weighted by atomic mass is 10.0. The maximum atomic E-state index is 11.2. The predicted molar refractivity (Wildman–Crippen MR) is 64.2 cm³/mol. The molecule has 1 N–H and O–H groups in total. The fourth-order valence-electron chi connectivity index (χ4n) is 1.86. The number of hydrogen-bond donors (Lipinski definition) is 1. The van der Waals surface area contributed by atoms with E-state index >= 15 is 0 Å². The third-order valence-electron chi connectivity index (χ3n) is 2.66. The zero-order valence-corrected chi connectivity index (χ0v) is 10.5. The van der Waals surface area contributed by atoms with Crippen LogP contribution in [0.5, 0.6) is 0 Å². The van der Waals surface area contributed by atoms with Crippen LogP contribution in [-0.4, -0.2) is 13.0 Å². The molecule has 0 fully saturated rings. The van der Waals surface area contributed by atoms with Crippen molar-refractivity contribution in [2.24, 2.45) is 0 Å². The van der Waals surface area contributed by atoms with Gasteiger partial charge in [0.05, 0.1) is 4.90 Å². The first kappa shape index (κ1) is 13.2. The number of benzene rings is 1. The topological polar surface area (TPSA) is 54.4 Å². The third-order valence-corrected chi connectivity index (χ3v) is 3.60. The summed E-state index contributed by atoms with van der Waals surface area (Å²) in [5, 5.41) is 0. The van der Waals surface area contributed by atoms with Gasteiger partial charge in [0, 0.05) is 0 Å². The van der Waals surface area contributed by atoms with Crippen LogP contribution in [0.25, 0.3) is 0 Å². The number of hydrogen-bond acceptors (Lipinski definition) is 2. The molecule has 1 rings (SSSR count). The molecule has 0 aliphatic rings. The van der Waals surface area contributed by atoms with Gasteiger partial charge in [-0.25, -0.2) is 0 Å². The second kappa shape index (κ2) is 5.46. The van der Waals surface area contributed by atoms with Crippen LogP contribution in [0.1, 0.15) is 37.8 Å². The summed E-state index contributed by atoms with van der Waals surface area (Å²) in [5.74, 6) is 0. The van der Waals surface area contributed by atoms with Crippen molar-refractivity contribution in [3.05, 3.63) is 29.3 Å². The highest BCUT2D eigenvalue weighted by molar-refractivity contribution is 7.85. The first-order valence-corrected chi connectivity index (χ1v) is 7.03. The molecular formula is C12H18O3S. The molecule has 90 valence electrons. The van der Waals surface area contributed by atoms with Gasteiger partial charge in [-0.15, -0.1) is 0 Å². The third kappa shape index (κ3) is 3.06. The molecule has 0 aliphatic heterocycles. The van der Waals surface area contributed by atoms with Crippen molar-refractivity contribution in [3.63, 3.8) is 0 Å². The highest BCUT2D eigenvalue weighted by Gasteiger charge is 2.16. The van der Waals surface area contributed by atoms with Gasteiger partial charge < -0.3 is 0 Å². The normalized spacial score (nSPS) is 11.7. The second-order valence-corrected chi connectivity index (χ2v) is 5.22. The summed E-state index contributed by atoms with van der Waals surface area (Å²) < 4.78 is 31.5. The minimum Gasteiger partial charge on any atom is -0.282 e. The van der Waals surface area contributed by atoms with E-state index in [2.05, 4.69) is 6.92 Å². The molecule has 0 spiro atoms. The lowest BCUT2D eigenvalue weighted by Crippen LogP contribution is -2.05. The van der Waals surface area contributed by atoms with Crippen molar-refractivity contribution in [1.29, 1.82) is 0 Å². The molecule has 0 saturated heterocycles. The Bertz CT molecular complexity index is 449. The smallest absolute Gasteiger partial charge is 0.282 e. The van der Waals surface area contributed by atoms with E-state index in [0.29, 0.717) is 6.42 Å². The molecule has 0 unspecified atom stereocenters. The van der Waals surface area contributed by atoms with Crippen molar-refractivity contribution >= 4 is 10.1 Å². The maximum absolute atomic E-state index is 11.2. The van der Waals surface area contributed by atoms with E-state index in [4.69, 9.17) is 4.55 Å². The van der Waals surface area contributed by atoms with E-state index in [9.17, 15) is 8.42 Å². The van der Waals surface area contributed by atoms with Gasteiger partial charge in [-0.05, 0) is 36.5 Å². The Morgan fingerprint density at radius 2 is 1.94 bits per heavy atom. The van der Waals surface area contributed by atoms with Gasteiger partial charge in [0.2, 0.25) is 0 Å². The molecule has 0 heterocycles. The monoisotopic (exact) mass is 242 g/mol. The number of unbranched alkanes of at least 4 members (excludes halogenated alkanes) is 1. The minimum atomic E-state index is -4.09. The molecular weight excluding hydrogens is 224 g/mol. The Morgan fingerprint density at radius 3 is 2.44 bits per heavy atom. The largest absolute Gasteiger partial charge is 0.294 e. The van der Waals surface area contributed by atoms with Gasteiger partial charge in [0.15, 0.2) is 0 Å². The number of aryl methyl sites for hydroxylation is 1. The summed E-state index contributed by atoms with van der Waals surface area (Å²) >= 11 is 0. The van der Waals surface area contributed by atoms with E-state index in [1.165, 1.54) is 6.07 Å². The van der Waals surface area contributed by atoms with Gasteiger partial charge >= 0.3 is 0 Å². The van der Waals surface area contributed by atoms with Crippen LogP contribution < -0.4 is 0 Å². The van der Waals surface area contributed by atoms with E-state index in [0.717, 1.165) is 30.4 Å². The van der Waals surface area contributed by atoms with Crippen LogP contribution in [-0.2, 0) is 23.0 Å². The van der Waals surface area contributed by atoms with E-state index in [1.807, 2.05) is 13.0 Å². The second-order valence-electron chi connectivity index (χ2n) is 3.83. The molecule has 0 bridgehead atoms. The zero-order valence-electron chi connectivity index (χ0n) is 9.73. The summed E-state index contributed by atoms with van der Waals surface area (Å²) in [6.07, 6.45) is 3.58. The molecule has 1 aromatic rings. The summed E-state index contributed by atoms with van der Waals surface area (Å²) in [6.45, 7) is 4.00. The molecule has 0 atom stereocenters. The molecule has 0 aliphatic carbocycles. The van der Waals surface area contributed by atoms with Crippen molar-refractivity contribution < 1.29 is 13.0 Å². The van der Waals surface area contributed by atoms with Gasteiger partial charge in [-0.3, -0.25) is 4.55 Å². The van der Waals surface area contributed by atoms with Gasteiger partial charge in [0.25, 0.3) is 10.1 Å². The van der Waals surface area contributed by atoms with Crippen LogP contribution in [0, 0.1) is 0 Å². The van der Waals surface area contributed by atoms with Gasteiger partial charge in [-0.1, -0.05) is 32.4 Å². The fraction of sp³-hybridized carbons (Fsp3) is 0.500. The molecule has 0 amide bonds. The van der Waals surface area contributed by atoms with Crippen molar-refractivity contribution in [2.75, 3.05) is 0 Å². The van der Waals surface area contributed by atoms with Crippen LogP contribution >= 0.6 is 0 Å². The van der Waals surface area contributed by atoms with E-state index < -0.39 is 10.1 Å². The molecule has 0 aromatic heterocycles. The Labute approximate surface area is 97.2 Å². The Kier molecular flexibility index (Phi) is 4.50. The summed E-state index contributed by atoms with van der Waals surface area (Å²) in [5.41, 5.74) is 1.78. The standard InChI is InChI=1S/C12H18O3S/c1-3-5-7-10-8-6-9-12(11(10)4-2)16(13,14)15/h6,8-9H,3-5,7H2,1-2H3,(H,13,14,15). The molecule has 0 saturated carbocycles. The maximum Gasteiger partial charge on any atom is 0.294 e. The Morgan fingerprint density at radius 1 is 1.25 bits per heavy atom. The van der Waals surface area contributed by atoms with E-state index in [-0.39, 0.29) is 4.90 Å². The lowest BCUT2D eigenvalue weighted by Gasteiger charge is -2.11. The van der Waals surface area contributed by atoms with Crippen molar-refractivity contribution in [3.8, 4) is 0 Å². The molecule has 0 radical (unpaired) electrons. The lowest BCUT2D eigenvalue weighted by molar-refractivity contribution is 0.482. The summed E-state index contributed by atoms with van der Waals surface area (Å²) in [4.78, 5) is 0.0589. The molecule has 3 nitrogen and oxygen atoms in total. The van der Waals surface area contributed by atoms with Crippen LogP contribution in [0.2, 0.25) is 0 Å². The highest BCUT2D eigenvalue weighted by atomic mass is 32.2. The SMILES string of the molecule is CCCCc1cccc(S(=O)(=O)O)c1CC. The molecule has 16 heavy (non-hydrogen) atoms. The summed E-state index contributed by atoms with van der Waals surface area (Å²) in [6, 6.07) is 5.08. The zero-order chi connectivity index (χ0) is 12.2. The Balaban J connectivity index is 3.21. The first-order chi connectivity index (χ1) is 7.50. The average molecular weight is 242 g/mol. The predicted octanol–water partition coefficient (Wildman–Crippen LogP) is 2.84. The van der Waals surface area contributed by atoms with Crippen LogP contribution in [0.4, 0.5) is 0 Å². The van der Waals surface area contributed by atoms with Crippen LogP contribution in [0.15, 0.2) is 23.1 Å². The van der Waals surface area contributed by atoms with Gasteiger partial charge in [-0.2, -0.15) is 8.42 Å². The van der Waals surface area contributed by atoms with Crippen LogP contribution in [0.3, 0.4) is 0 Å². The average Bonchev–Trinajstić information content (AvgIpc) is 2.24. The van der Waals surface area contributed by atoms with Crippen molar-refractivity contribution in [2.45, 2.75) is 44.4 Å². The quantitative estimate of drug-likeness (QED) is 0.808. The fourth-order valence-corrected chi connectivity index (χ4v) is 2.69. The van der Waals surface area contributed by atoms with E-state index in [1.54, 1.807) is 6.07 Å². The van der Waals surface area contributed by atoms with Crippen molar-refractivity contribution in [1.82, 2.24) is 0 Å². The van der Waals surface area contributed by atoms with Gasteiger partial charge in [0.1, 0.15) is 0 Å². The number of rotatable bonds is 5. The minimum absolute atomic E-state index is 0.0589. The Hall–Kier alpha value is -0.870. The molecule has 1 aromatic carbocycles. The highest BCUT2D eigenvalue weighted by Crippen LogP contribution is 2.21. The summed E-state index contributed by atoms with van der Waals surface area (Å²) in [7, 11) is -4.09. The first-order valence-electron chi connectivity index (χ1n) is 5.59. The molecule has 4 heteroatoms.